The molecule has 306 valence electrons. The van der Waals surface area contributed by atoms with E-state index < -0.39 is 29.7 Å². The number of amides is 5. The Labute approximate surface area is 347 Å². The summed E-state index contributed by atoms with van der Waals surface area (Å²) < 4.78 is 6.11. The average Bonchev–Trinajstić information content (AvgIpc) is 3.48. The summed E-state index contributed by atoms with van der Waals surface area (Å²) in [7, 11) is 0. The number of nitrogens with zero attached hydrogens (tertiary/aromatic N) is 8. The number of nitriles is 1. The minimum Gasteiger partial charge on any atom is -0.490 e. The Balaban J connectivity index is 0.772. The van der Waals surface area contributed by atoms with Gasteiger partial charge in [-0.05, 0) is 101 Å². The zero-order valence-electron chi connectivity index (χ0n) is 32.7. The number of aromatic nitrogens is 2. The SMILES string of the molecule is N#Cc1ccc(OC2CCC(N3C(=O)CCC(N4C(=O)c5ccc(N6CCC(N7CCC8(CC7)CN(c7cnc(C(N)=O)cn7)C8)CC6)cc5C4=O)C3=O)CC2)cc1Cl. The number of ether oxygens (including phenoxy) is 1. The normalized spacial score (nSPS) is 24.9. The lowest BCUT2D eigenvalue weighted by Gasteiger charge is -2.55. The first kappa shape index (κ1) is 38.9. The van der Waals surface area contributed by atoms with Crippen LogP contribution >= 0.6 is 11.6 Å². The molecule has 1 aliphatic carbocycles. The van der Waals surface area contributed by atoms with Crippen molar-refractivity contribution in [2.45, 2.75) is 88.4 Å². The Hall–Kier alpha value is -5.59. The number of benzene rings is 2. The molecule has 59 heavy (non-hydrogen) atoms. The van der Waals surface area contributed by atoms with Crippen LogP contribution in [0.4, 0.5) is 11.5 Å². The monoisotopic (exact) mass is 819 g/mol. The number of nitrogens with two attached hydrogens (primary N) is 1. The van der Waals surface area contributed by atoms with Crippen LogP contribution in [0.5, 0.6) is 5.75 Å². The minimum absolute atomic E-state index is 0.0733. The van der Waals surface area contributed by atoms with Crippen molar-refractivity contribution < 1.29 is 28.7 Å². The summed E-state index contributed by atoms with van der Waals surface area (Å²) in [5.41, 5.74) is 7.59. The first-order valence-electron chi connectivity index (χ1n) is 20.6. The van der Waals surface area contributed by atoms with E-state index in [1.54, 1.807) is 36.5 Å². The number of hydrogen-bond acceptors (Lipinski definition) is 12. The van der Waals surface area contributed by atoms with Crippen molar-refractivity contribution >= 4 is 52.6 Å². The maximum absolute atomic E-state index is 14.0. The van der Waals surface area contributed by atoms with Gasteiger partial charge in [-0.1, -0.05) is 11.6 Å². The molecule has 1 spiro atoms. The van der Waals surface area contributed by atoms with Crippen LogP contribution in [-0.2, 0) is 9.59 Å². The third kappa shape index (κ3) is 7.26. The molecule has 5 amide bonds. The van der Waals surface area contributed by atoms with E-state index in [2.05, 4.69) is 24.7 Å². The molecule has 15 nitrogen and oxygen atoms in total. The van der Waals surface area contributed by atoms with Gasteiger partial charge in [0.1, 0.15) is 29.4 Å². The summed E-state index contributed by atoms with van der Waals surface area (Å²) in [4.78, 5) is 84.3. The molecule has 0 radical (unpaired) electrons. The van der Waals surface area contributed by atoms with Crippen molar-refractivity contribution in [1.82, 2.24) is 24.7 Å². The van der Waals surface area contributed by atoms with Gasteiger partial charge in [0.15, 0.2) is 0 Å². The molecule has 1 atom stereocenters. The van der Waals surface area contributed by atoms with Crippen molar-refractivity contribution in [3.8, 4) is 11.8 Å². The van der Waals surface area contributed by atoms with Gasteiger partial charge in [-0.15, -0.1) is 0 Å². The number of likely N-dealkylation sites (tertiary alicyclic amines) is 2. The van der Waals surface area contributed by atoms with E-state index in [1.807, 2.05) is 12.1 Å². The standard InChI is InChI=1S/C43H46ClN9O6/c44-34-20-31(5-1-26(34)21-45)59-30-6-2-28(3-7-30)52-38(54)10-9-36(42(52)58)53-40(56)32-8-4-29(19-33(32)41(53)57)49-15-11-27(12-16-49)50-17-13-43(14-18-50)24-51(25-43)37-23-47-35(22-48-37)39(46)55/h1,4-5,8,19-20,22-23,27-28,30,36H,2-3,6-7,9-18,24-25H2,(H2,46,55). The molecule has 9 rings (SSSR count). The van der Waals surface area contributed by atoms with Gasteiger partial charge in [-0.3, -0.25) is 33.8 Å². The van der Waals surface area contributed by atoms with E-state index in [0.29, 0.717) is 53.6 Å². The Morgan fingerprint density at radius 1 is 0.814 bits per heavy atom. The van der Waals surface area contributed by atoms with Crippen molar-refractivity contribution in [2.75, 3.05) is 49.1 Å². The van der Waals surface area contributed by atoms with Crippen LogP contribution in [0.1, 0.15) is 101 Å². The fourth-order valence-electron chi connectivity index (χ4n) is 10.1. The molecule has 3 aromatic rings. The second-order valence-electron chi connectivity index (χ2n) is 16.9. The van der Waals surface area contributed by atoms with Gasteiger partial charge in [0.05, 0.1) is 40.2 Å². The molecule has 4 saturated heterocycles. The summed E-state index contributed by atoms with van der Waals surface area (Å²) in [6.07, 6.45) is 9.60. The van der Waals surface area contributed by atoms with E-state index >= 15 is 0 Å². The molecule has 0 bridgehead atoms. The summed E-state index contributed by atoms with van der Waals surface area (Å²) in [6, 6.07) is 11.5. The van der Waals surface area contributed by atoms with E-state index in [9.17, 15) is 24.0 Å². The van der Waals surface area contributed by atoms with Crippen LogP contribution in [0.25, 0.3) is 0 Å². The number of rotatable bonds is 8. The lowest BCUT2D eigenvalue weighted by Crippen LogP contribution is -2.62. The summed E-state index contributed by atoms with van der Waals surface area (Å²) in [5.74, 6) is -1.01. The van der Waals surface area contributed by atoms with Gasteiger partial charge in [0.25, 0.3) is 23.6 Å². The minimum atomic E-state index is -1.04. The lowest BCUT2D eigenvalue weighted by molar-refractivity contribution is -0.155. The molecule has 1 saturated carbocycles. The summed E-state index contributed by atoms with van der Waals surface area (Å²) in [6.45, 7) is 5.62. The Morgan fingerprint density at radius 2 is 1.54 bits per heavy atom. The molecule has 2 N–H and O–H groups in total. The van der Waals surface area contributed by atoms with Crippen molar-refractivity contribution in [3.63, 3.8) is 0 Å². The fraction of sp³-hybridized carbons (Fsp3) is 0.488. The van der Waals surface area contributed by atoms with Gasteiger partial charge in [0.2, 0.25) is 5.91 Å². The third-order valence-corrected chi connectivity index (χ3v) is 13.8. The predicted molar refractivity (Wildman–Crippen MR) is 216 cm³/mol. The highest BCUT2D eigenvalue weighted by atomic mass is 35.5. The first-order chi connectivity index (χ1) is 28.5. The fourth-order valence-corrected chi connectivity index (χ4v) is 10.3. The van der Waals surface area contributed by atoms with E-state index in [4.69, 9.17) is 27.3 Å². The van der Waals surface area contributed by atoms with Crippen LogP contribution in [0, 0.1) is 16.7 Å². The number of carbonyl (C=O) groups excluding carboxylic acids is 5. The molecule has 5 fully saturated rings. The average molecular weight is 820 g/mol. The maximum Gasteiger partial charge on any atom is 0.268 e. The molecule has 1 unspecified atom stereocenters. The molecule has 16 heteroatoms. The molecule has 6 aliphatic rings. The lowest BCUT2D eigenvalue weighted by atomic mass is 9.71. The van der Waals surface area contributed by atoms with Gasteiger partial charge < -0.3 is 25.2 Å². The molecule has 2 aromatic carbocycles. The molecule has 6 heterocycles. The highest BCUT2D eigenvalue weighted by Gasteiger charge is 2.50. The van der Waals surface area contributed by atoms with E-state index in [1.165, 1.54) is 11.1 Å². The highest BCUT2D eigenvalue weighted by Crippen LogP contribution is 2.43. The summed E-state index contributed by atoms with van der Waals surface area (Å²) in [5, 5.41) is 9.47. The molecule has 5 aliphatic heterocycles. The number of halogens is 1. The number of imide groups is 2. The number of carbonyl (C=O) groups is 5. The molecular formula is C43H46ClN9O6. The van der Waals surface area contributed by atoms with Crippen LogP contribution in [-0.4, -0.2) is 118 Å². The second kappa shape index (κ2) is 15.5. The van der Waals surface area contributed by atoms with Crippen LogP contribution in [0.15, 0.2) is 48.8 Å². The highest BCUT2D eigenvalue weighted by molar-refractivity contribution is 6.31. The van der Waals surface area contributed by atoms with E-state index in [-0.39, 0.29) is 47.6 Å². The zero-order valence-corrected chi connectivity index (χ0v) is 33.5. The smallest absolute Gasteiger partial charge is 0.268 e. The number of fused-ring (bicyclic) bond motifs is 1. The van der Waals surface area contributed by atoms with E-state index in [0.717, 1.165) is 81.4 Å². The van der Waals surface area contributed by atoms with Gasteiger partial charge in [0, 0.05) is 61.9 Å². The topological polar surface area (TPSA) is 186 Å². The quantitative estimate of drug-likeness (QED) is 0.320. The number of piperidine rings is 3. The largest absolute Gasteiger partial charge is 0.490 e. The third-order valence-electron chi connectivity index (χ3n) is 13.5. The zero-order chi connectivity index (χ0) is 41.0. The maximum atomic E-state index is 14.0. The Kier molecular flexibility index (Phi) is 10.2. The van der Waals surface area contributed by atoms with Crippen molar-refractivity contribution in [1.29, 1.82) is 5.26 Å². The first-order valence-corrected chi connectivity index (χ1v) is 21.0. The molecule has 1 aromatic heterocycles. The summed E-state index contributed by atoms with van der Waals surface area (Å²) >= 11 is 6.18. The number of primary amides is 1. The Morgan fingerprint density at radius 3 is 2.20 bits per heavy atom. The van der Waals surface area contributed by atoms with Crippen molar-refractivity contribution in [3.05, 3.63) is 76.2 Å². The van der Waals surface area contributed by atoms with Gasteiger partial charge >= 0.3 is 0 Å². The number of hydrogen-bond donors (Lipinski definition) is 1. The van der Waals surface area contributed by atoms with Crippen LogP contribution in [0.2, 0.25) is 5.02 Å². The Bertz CT molecular complexity index is 2230. The van der Waals surface area contributed by atoms with Crippen LogP contribution in [0.3, 0.4) is 0 Å². The number of anilines is 2. The van der Waals surface area contributed by atoms with Gasteiger partial charge in [-0.2, -0.15) is 5.26 Å². The van der Waals surface area contributed by atoms with Crippen LogP contribution < -0.4 is 20.3 Å². The molecular weight excluding hydrogens is 774 g/mol. The second-order valence-corrected chi connectivity index (χ2v) is 17.3. The van der Waals surface area contributed by atoms with Gasteiger partial charge in [-0.25, -0.2) is 9.97 Å². The van der Waals surface area contributed by atoms with Crippen molar-refractivity contribution in [2.24, 2.45) is 11.1 Å². The predicted octanol–water partition coefficient (Wildman–Crippen LogP) is 4.18.